The molecule has 0 saturated heterocycles. The van der Waals surface area contributed by atoms with Gasteiger partial charge < -0.3 is 4.90 Å². The van der Waals surface area contributed by atoms with Crippen molar-refractivity contribution >= 4 is 22.7 Å². The van der Waals surface area contributed by atoms with Gasteiger partial charge in [-0.25, -0.2) is 0 Å². The second-order valence-electron chi connectivity index (χ2n) is 8.17. The quantitative estimate of drug-likeness (QED) is 0.551. The molecule has 0 amide bonds. The van der Waals surface area contributed by atoms with Gasteiger partial charge in [0, 0.05) is 22.4 Å². The second kappa shape index (κ2) is 6.59. The molecule has 2 nitrogen and oxygen atoms in total. The number of hydrogen-bond donors (Lipinski definition) is 0. The molecule has 0 fully saturated rings. The Hall–Kier alpha value is -3.39. The van der Waals surface area contributed by atoms with E-state index >= 15 is 0 Å². The van der Waals surface area contributed by atoms with E-state index in [2.05, 4.69) is 79.4 Å². The van der Waals surface area contributed by atoms with Crippen LogP contribution in [0.15, 0.2) is 103 Å². The molecule has 1 atom stereocenters. The normalized spacial score (nSPS) is 19.1. The van der Waals surface area contributed by atoms with E-state index in [1.54, 1.807) is 0 Å². The molecule has 0 spiro atoms. The molecule has 142 valence electrons. The summed E-state index contributed by atoms with van der Waals surface area (Å²) in [7, 11) is 0. The van der Waals surface area contributed by atoms with Crippen LogP contribution in [0.1, 0.15) is 25.0 Å². The fraction of sp³-hybridized carbons (Fsp3) is 0.148. The number of anilines is 2. The van der Waals surface area contributed by atoms with Gasteiger partial charge in [-0.2, -0.15) is 0 Å². The zero-order valence-corrected chi connectivity index (χ0v) is 16.7. The zero-order valence-electron chi connectivity index (χ0n) is 16.7. The molecule has 0 N–H and O–H groups in total. The van der Waals surface area contributed by atoms with Gasteiger partial charge in [-0.15, -0.1) is 0 Å². The van der Waals surface area contributed by atoms with Crippen LogP contribution in [0.5, 0.6) is 0 Å². The van der Waals surface area contributed by atoms with Gasteiger partial charge in [-0.3, -0.25) is 4.79 Å². The molecule has 2 aliphatic carbocycles. The molecule has 2 heteroatoms. The molecule has 0 aliphatic heterocycles. The lowest BCUT2D eigenvalue weighted by atomic mass is 9.76. The highest BCUT2D eigenvalue weighted by Crippen LogP contribution is 2.49. The average molecular weight is 377 g/mol. The first kappa shape index (κ1) is 17.7. The van der Waals surface area contributed by atoms with Crippen molar-refractivity contribution in [3.8, 4) is 0 Å². The Morgan fingerprint density at radius 1 is 0.759 bits per heavy atom. The third-order valence-corrected chi connectivity index (χ3v) is 6.09. The predicted molar refractivity (Wildman–Crippen MR) is 119 cm³/mol. The molecule has 0 radical (unpaired) electrons. The summed E-state index contributed by atoms with van der Waals surface area (Å²) in [5.74, 6) is 0.177. The van der Waals surface area contributed by atoms with E-state index in [9.17, 15) is 4.79 Å². The highest BCUT2D eigenvalue weighted by atomic mass is 16.1. The maximum Gasteiger partial charge on any atom is 0.187 e. The molecule has 0 heterocycles. The highest BCUT2D eigenvalue weighted by molar-refractivity contribution is 6.16. The van der Waals surface area contributed by atoms with E-state index in [0.717, 1.165) is 22.5 Å². The van der Waals surface area contributed by atoms with Gasteiger partial charge in [-0.05, 0) is 41.0 Å². The summed E-state index contributed by atoms with van der Waals surface area (Å²) in [6, 6.07) is 28.3. The van der Waals surface area contributed by atoms with Crippen molar-refractivity contribution in [3.63, 3.8) is 0 Å². The minimum atomic E-state index is -0.368. The van der Waals surface area contributed by atoms with Gasteiger partial charge in [0.15, 0.2) is 5.78 Å². The monoisotopic (exact) mass is 377 g/mol. The summed E-state index contributed by atoms with van der Waals surface area (Å²) >= 11 is 0. The number of nitrogens with zero attached hydrogens (tertiary/aromatic N) is 1. The van der Waals surface area contributed by atoms with Crippen molar-refractivity contribution in [2.75, 3.05) is 4.90 Å². The minimum Gasteiger partial charge on any atom is -0.327 e. The Balaban J connectivity index is 1.63. The van der Waals surface area contributed by atoms with Gasteiger partial charge in [0.2, 0.25) is 0 Å². The molecular formula is C27H23NO. The molecule has 0 bridgehead atoms. The number of carbonyl (C=O) groups excluding carboxylic acids is 1. The largest absolute Gasteiger partial charge is 0.327 e. The molecule has 5 rings (SSSR count). The lowest BCUT2D eigenvalue weighted by Crippen LogP contribution is -2.41. The van der Waals surface area contributed by atoms with E-state index in [4.69, 9.17) is 0 Å². The van der Waals surface area contributed by atoms with Gasteiger partial charge in [0.25, 0.3) is 0 Å². The first-order valence-electron chi connectivity index (χ1n) is 10.1. The van der Waals surface area contributed by atoms with E-state index in [1.807, 2.05) is 36.4 Å². The number of fused-ring (bicyclic) bond motifs is 2. The molecular weight excluding hydrogens is 354 g/mol. The number of allylic oxidation sites excluding steroid dienone is 2. The Kier molecular flexibility index (Phi) is 4.02. The first-order chi connectivity index (χ1) is 14.1. The molecule has 2 aliphatic rings. The van der Waals surface area contributed by atoms with Crippen LogP contribution in [0.3, 0.4) is 0 Å². The van der Waals surface area contributed by atoms with E-state index < -0.39 is 0 Å². The zero-order chi connectivity index (χ0) is 20.0. The molecule has 1 unspecified atom stereocenters. The third kappa shape index (κ3) is 2.67. The van der Waals surface area contributed by atoms with Crippen LogP contribution < -0.4 is 4.90 Å². The fourth-order valence-electron chi connectivity index (χ4n) is 4.76. The van der Waals surface area contributed by atoms with Crippen LogP contribution in [-0.2, 0) is 10.2 Å². The Bertz CT molecular complexity index is 1100. The minimum absolute atomic E-state index is 0.177. The maximum atomic E-state index is 13.9. The van der Waals surface area contributed by atoms with Crippen molar-refractivity contribution in [3.05, 3.63) is 114 Å². The maximum absolute atomic E-state index is 13.9. The average Bonchev–Trinajstić information content (AvgIpc) is 2.99. The number of ketones is 1. The first-order valence-corrected chi connectivity index (χ1v) is 10.1. The third-order valence-electron chi connectivity index (χ3n) is 6.09. The van der Waals surface area contributed by atoms with E-state index in [-0.39, 0.29) is 17.2 Å². The molecule has 0 aromatic heterocycles. The summed E-state index contributed by atoms with van der Waals surface area (Å²) in [6.45, 7) is 4.33. The van der Waals surface area contributed by atoms with Crippen molar-refractivity contribution in [2.45, 2.75) is 25.3 Å². The number of rotatable bonds is 3. The number of carbonyl (C=O) groups is 1. The van der Waals surface area contributed by atoms with Crippen LogP contribution in [0.2, 0.25) is 0 Å². The number of benzene rings is 3. The summed E-state index contributed by atoms with van der Waals surface area (Å²) < 4.78 is 0. The van der Waals surface area contributed by atoms with Crippen LogP contribution in [0, 0.1) is 0 Å². The summed E-state index contributed by atoms with van der Waals surface area (Å²) in [5.41, 5.74) is 6.13. The van der Waals surface area contributed by atoms with Crippen LogP contribution in [0.4, 0.5) is 11.4 Å². The lowest BCUT2D eigenvalue weighted by Gasteiger charge is -2.35. The van der Waals surface area contributed by atoms with E-state index in [1.165, 1.54) is 11.1 Å². The molecule has 3 aromatic rings. The number of para-hydroxylation sites is 2. The lowest BCUT2D eigenvalue weighted by molar-refractivity contribution is -0.116. The standard InChI is InChI=1S/C27H23NO/c1-27(2)23-16-10-9-15-21(23)22-17-18-24(26(29)25(22)27)28(19-11-5-3-6-12-19)20-13-7-4-8-14-20/h3-18,24H,1-2H3. The predicted octanol–water partition coefficient (Wildman–Crippen LogP) is 6.08. The summed E-state index contributed by atoms with van der Waals surface area (Å²) in [4.78, 5) is 16.1. The Morgan fingerprint density at radius 2 is 1.31 bits per heavy atom. The van der Waals surface area contributed by atoms with Crippen molar-refractivity contribution in [1.82, 2.24) is 0 Å². The SMILES string of the molecule is CC1(C)C2=C(C=CC(N(c3ccccc3)c3ccccc3)C2=O)c2ccccc21. The van der Waals surface area contributed by atoms with Crippen molar-refractivity contribution < 1.29 is 4.79 Å². The second-order valence-corrected chi connectivity index (χ2v) is 8.17. The van der Waals surface area contributed by atoms with Crippen LogP contribution >= 0.6 is 0 Å². The van der Waals surface area contributed by atoms with Crippen molar-refractivity contribution in [1.29, 1.82) is 0 Å². The summed E-state index contributed by atoms with van der Waals surface area (Å²) in [5, 5.41) is 0. The summed E-state index contributed by atoms with van der Waals surface area (Å²) in [6.07, 6.45) is 4.20. The number of hydrogen-bond acceptors (Lipinski definition) is 2. The van der Waals surface area contributed by atoms with E-state index in [0.29, 0.717) is 0 Å². The van der Waals surface area contributed by atoms with Gasteiger partial charge in [0.05, 0.1) is 0 Å². The molecule has 3 aromatic carbocycles. The fourth-order valence-corrected chi connectivity index (χ4v) is 4.76. The molecule has 29 heavy (non-hydrogen) atoms. The van der Waals surface area contributed by atoms with Crippen molar-refractivity contribution in [2.24, 2.45) is 0 Å². The van der Waals surface area contributed by atoms with Crippen LogP contribution in [0.25, 0.3) is 5.57 Å². The van der Waals surface area contributed by atoms with Crippen LogP contribution in [-0.4, -0.2) is 11.8 Å². The molecule has 0 saturated carbocycles. The smallest absolute Gasteiger partial charge is 0.187 e. The number of Topliss-reactive ketones (excluding diaryl/α,β-unsaturated/α-hetero) is 1. The topological polar surface area (TPSA) is 20.3 Å². The van der Waals surface area contributed by atoms with Gasteiger partial charge >= 0.3 is 0 Å². The highest BCUT2D eigenvalue weighted by Gasteiger charge is 2.45. The Labute approximate surface area is 171 Å². The van der Waals surface area contributed by atoms with Gasteiger partial charge in [-0.1, -0.05) is 86.7 Å². The Morgan fingerprint density at radius 3 is 1.93 bits per heavy atom. The van der Waals surface area contributed by atoms with Gasteiger partial charge in [0.1, 0.15) is 6.04 Å².